The van der Waals surface area contributed by atoms with Gasteiger partial charge in [0, 0.05) is 12.8 Å². The molecule has 32 heavy (non-hydrogen) atoms. The standard InChI is InChI=1S/C25H23N3O4/c1-18(19-9-4-2-5-10-19)28(22-14-8-13-21(17-22)25(30)31)26-23(15-16-24(29)27-32)20-11-6-3-7-12-20/h2-14,17,32H,1,15-16H2,(H,27,29)(H,30,31)/b26-23+. The Labute approximate surface area is 185 Å². The molecule has 3 N–H and O–H groups in total. The first kappa shape index (κ1) is 22.5. The van der Waals surface area contributed by atoms with Gasteiger partial charge in [0.25, 0.3) is 0 Å². The summed E-state index contributed by atoms with van der Waals surface area (Å²) in [6.07, 6.45) is 0.263. The number of anilines is 1. The number of nitrogens with zero attached hydrogens (tertiary/aromatic N) is 2. The molecule has 3 aromatic rings. The van der Waals surface area contributed by atoms with Crippen LogP contribution in [0.15, 0.2) is 96.6 Å². The van der Waals surface area contributed by atoms with Gasteiger partial charge in [0.1, 0.15) is 0 Å². The van der Waals surface area contributed by atoms with E-state index in [0.29, 0.717) is 17.1 Å². The van der Waals surface area contributed by atoms with E-state index in [9.17, 15) is 14.7 Å². The smallest absolute Gasteiger partial charge is 0.335 e. The summed E-state index contributed by atoms with van der Waals surface area (Å²) >= 11 is 0. The molecule has 0 saturated carbocycles. The number of hydrogen-bond donors (Lipinski definition) is 3. The zero-order chi connectivity index (χ0) is 22.9. The third kappa shape index (κ3) is 5.68. The minimum absolute atomic E-state index is 0.0189. The summed E-state index contributed by atoms with van der Waals surface area (Å²) in [5.74, 6) is -1.58. The lowest BCUT2D eigenvalue weighted by atomic mass is 10.1. The van der Waals surface area contributed by atoms with Crippen LogP contribution in [0.1, 0.15) is 34.3 Å². The van der Waals surface area contributed by atoms with Crippen molar-refractivity contribution in [3.63, 3.8) is 0 Å². The van der Waals surface area contributed by atoms with Gasteiger partial charge in [-0.15, -0.1) is 0 Å². The molecule has 0 aliphatic heterocycles. The summed E-state index contributed by atoms with van der Waals surface area (Å²) in [5.41, 5.74) is 4.97. The Kier molecular flexibility index (Phi) is 7.51. The van der Waals surface area contributed by atoms with Crippen molar-refractivity contribution >= 4 is 29.0 Å². The second kappa shape index (κ2) is 10.7. The molecule has 0 aliphatic rings. The fraction of sp³-hybridized carbons (Fsp3) is 0.0800. The highest BCUT2D eigenvalue weighted by atomic mass is 16.5. The van der Waals surface area contributed by atoms with Gasteiger partial charge in [0.2, 0.25) is 5.91 Å². The third-order valence-corrected chi connectivity index (χ3v) is 4.74. The van der Waals surface area contributed by atoms with Crippen LogP contribution in [0.5, 0.6) is 0 Å². The molecule has 3 rings (SSSR count). The Balaban J connectivity index is 2.11. The van der Waals surface area contributed by atoms with Gasteiger partial charge in [-0.1, -0.05) is 73.3 Å². The molecule has 0 unspecified atom stereocenters. The molecule has 0 spiro atoms. The first-order chi connectivity index (χ1) is 15.5. The summed E-state index contributed by atoms with van der Waals surface area (Å²) in [6, 6.07) is 25.1. The van der Waals surface area contributed by atoms with E-state index in [0.717, 1.165) is 11.1 Å². The van der Waals surface area contributed by atoms with E-state index in [1.807, 2.05) is 60.7 Å². The summed E-state index contributed by atoms with van der Waals surface area (Å²) in [4.78, 5) is 23.2. The lowest BCUT2D eigenvalue weighted by Gasteiger charge is -2.24. The maximum atomic E-state index is 11.7. The highest BCUT2D eigenvalue weighted by Crippen LogP contribution is 2.27. The van der Waals surface area contributed by atoms with E-state index >= 15 is 0 Å². The quantitative estimate of drug-likeness (QED) is 0.263. The summed E-state index contributed by atoms with van der Waals surface area (Å²) < 4.78 is 0. The van der Waals surface area contributed by atoms with Crippen molar-refractivity contribution in [2.24, 2.45) is 5.10 Å². The molecule has 7 heteroatoms. The number of amides is 1. The summed E-state index contributed by atoms with van der Waals surface area (Å²) in [7, 11) is 0. The van der Waals surface area contributed by atoms with Crippen LogP contribution in [0.25, 0.3) is 5.70 Å². The zero-order valence-corrected chi connectivity index (χ0v) is 17.3. The molecule has 0 atom stereocenters. The first-order valence-corrected chi connectivity index (χ1v) is 9.93. The number of hydroxylamine groups is 1. The second-order valence-electron chi connectivity index (χ2n) is 6.93. The van der Waals surface area contributed by atoms with Gasteiger partial charge in [-0.3, -0.25) is 10.0 Å². The molecule has 0 heterocycles. The Hall–Kier alpha value is -4.23. The van der Waals surface area contributed by atoms with Gasteiger partial charge < -0.3 is 5.11 Å². The number of hydrogen-bond acceptors (Lipinski definition) is 5. The van der Waals surface area contributed by atoms with Crippen LogP contribution in [0.3, 0.4) is 0 Å². The fourth-order valence-corrected chi connectivity index (χ4v) is 3.09. The molecule has 0 radical (unpaired) electrons. The number of carbonyl (C=O) groups is 2. The maximum absolute atomic E-state index is 11.7. The fourth-order valence-electron chi connectivity index (χ4n) is 3.09. The highest BCUT2D eigenvalue weighted by Gasteiger charge is 2.16. The molecule has 0 aliphatic carbocycles. The molecule has 7 nitrogen and oxygen atoms in total. The Morgan fingerprint density at radius 1 is 0.844 bits per heavy atom. The normalized spacial score (nSPS) is 11.0. The predicted octanol–water partition coefficient (Wildman–Crippen LogP) is 4.55. The minimum atomic E-state index is -1.05. The summed E-state index contributed by atoms with van der Waals surface area (Å²) in [6.45, 7) is 4.19. The van der Waals surface area contributed by atoms with Crippen LogP contribution in [0.4, 0.5) is 5.69 Å². The van der Waals surface area contributed by atoms with Gasteiger partial charge in [-0.25, -0.2) is 15.3 Å². The van der Waals surface area contributed by atoms with Crippen LogP contribution >= 0.6 is 0 Å². The van der Waals surface area contributed by atoms with Gasteiger partial charge in [-0.2, -0.15) is 5.10 Å². The van der Waals surface area contributed by atoms with Crippen LogP contribution < -0.4 is 10.5 Å². The van der Waals surface area contributed by atoms with E-state index in [4.69, 9.17) is 10.3 Å². The van der Waals surface area contributed by atoms with Gasteiger partial charge >= 0.3 is 5.97 Å². The molecule has 0 fully saturated rings. The maximum Gasteiger partial charge on any atom is 0.335 e. The van der Waals surface area contributed by atoms with E-state index in [1.54, 1.807) is 22.6 Å². The highest BCUT2D eigenvalue weighted by molar-refractivity contribution is 6.03. The monoisotopic (exact) mass is 429 g/mol. The lowest BCUT2D eigenvalue weighted by Crippen LogP contribution is -2.22. The number of rotatable bonds is 9. The first-order valence-electron chi connectivity index (χ1n) is 9.93. The number of nitrogens with one attached hydrogen (secondary N) is 1. The average molecular weight is 429 g/mol. The molecule has 1 amide bonds. The van der Waals surface area contributed by atoms with Crippen molar-refractivity contribution in [2.45, 2.75) is 12.8 Å². The summed E-state index contributed by atoms with van der Waals surface area (Å²) in [5, 5.41) is 24.7. The SMILES string of the molecule is C=C(c1ccccc1)N(/N=C(\CCC(=O)NO)c1ccccc1)c1cccc(C(=O)O)c1. The molecule has 162 valence electrons. The van der Waals surface area contributed by atoms with Crippen LogP contribution in [0.2, 0.25) is 0 Å². The van der Waals surface area contributed by atoms with Crippen molar-refractivity contribution < 1.29 is 19.9 Å². The van der Waals surface area contributed by atoms with Crippen molar-refractivity contribution in [3.8, 4) is 0 Å². The molecular formula is C25H23N3O4. The van der Waals surface area contributed by atoms with Gasteiger partial charge in [0.15, 0.2) is 0 Å². The number of benzene rings is 3. The van der Waals surface area contributed by atoms with E-state index in [1.165, 1.54) is 12.1 Å². The third-order valence-electron chi connectivity index (χ3n) is 4.74. The van der Waals surface area contributed by atoms with E-state index in [-0.39, 0.29) is 18.4 Å². The molecule has 0 aromatic heterocycles. The number of hydrazone groups is 1. The van der Waals surface area contributed by atoms with E-state index in [2.05, 4.69) is 6.58 Å². The van der Waals surface area contributed by atoms with Crippen molar-refractivity contribution in [1.82, 2.24) is 5.48 Å². The average Bonchev–Trinajstić information content (AvgIpc) is 2.84. The van der Waals surface area contributed by atoms with Crippen LogP contribution in [-0.4, -0.2) is 27.9 Å². The Morgan fingerprint density at radius 2 is 1.44 bits per heavy atom. The Bertz CT molecular complexity index is 1130. The van der Waals surface area contributed by atoms with Crippen molar-refractivity contribution in [3.05, 3.63) is 108 Å². The molecule has 0 saturated heterocycles. The number of aromatic carboxylic acids is 1. The number of carboxylic acids is 1. The molecule has 3 aromatic carbocycles. The largest absolute Gasteiger partial charge is 0.478 e. The van der Waals surface area contributed by atoms with E-state index < -0.39 is 11.9 Å². The topological polar surface area (TPSA) is 102 Å². The van der Waals surface area contributed by atoms with Crippen LogP contribution in [0, 0.1) is 0 Å². The molecule has 0 bridgehead atoms. The van der Waals surface area contributed by atoms with Crippen LogP contribution in [-0.2, 0) is 4.79 Å². The molecular weight excluding hydrogens is 406 g/mol. The Morgan fingerprint density at radius 3 is 2.03 bits per heavy atom. The predicted molar refractivity (Wildman–Crippen MR) is 123 cm³/mol. The van der Waals surface area contributed by atoms with Crippen molar-refractivity contribution in [2.75, 3.05) is 5.01 Å². The lowest BCUT2D eigenvalue weighted by molar-refractivity contribution is -0.129. The van der Waals surface area contributed by atoms with Crippen molar-refractivity contribution in [1.29, 1.82) is 0 Å². The zero-order valence-electron chi connectivity index (χ0n) is 17.3. The number of carbonyl (C=O) groups excluding carboxylic acids is 1. The minimum Gasteiger partial charge on any atom is -0.478 e. The van der Waals surface area contributed by atoms with Gasteiger partial charge in [0.05, 0.1) is 22.7 Å². The second-order valence-corrected chi connectivity index (χ2v) is 6.93. The van der Waals surface area contributed by atoms with Gasteiger partial charge in [-0.05, 0) is 29.3 Å². The number of carboxylic acid groups (broad SMARTS) is 1.